The maximum atomic E-state index is 6.22. The van der Waals surface area contributed by atoms with Crippen LogP contribution in [0.15, 0.2) is 29.1 Å². The van der Waals surface area contributed by atoms with Gasteiger partial charge in [0.25, 0.3) is 0 Å². The van der Waals surface area contributed by atoms with Gasteiger partial charge in [0.15, 0.2) is 5.65 Å². The molecule has 19 heavy (non-hydrogen) atoms. The Bertz CT molecular complexity index is 704. The molecule has 0 fully saturated rings. The fourth-order valence-corrected chi connectivity index (χ4v) is 3.01. The number of nitrogens with zero attached hydrogens (tertiary/aromatic N) is 3. The number of rotatable bonds is 3. The van der Waals surface area contributed by atoms with E-state index in [9.17, 15) is 0 Å². The second-order valence-corrected chi connectivity index (χ2v) is 6.17. The summed E-state index contributed by atoms with van der Waals surface area (Å²) < 4.78 is 2.05. The van der Waals surface area contributed by atoms with Crippen LogP contribution in [0.2, 0.25) is 5.02 Å². The van der Waals surface area contributed by atoms with Crippen molar-refractivity contribution in [1.82, 2.24) is 14.5 Å². The minimum absolute atomic E-state index is 0.174. The van der Waals surface area contributed by atoms with Crippen molar-refractivity contribution in [2.24, 2.45) is 0 Å². The van der Waals surface area contributed by atoms with Gasteiger partial charge in [0.1, 0.15) is 11.3 Å². The van der Waals surface area contributed by atoms with Crippen molar-refractivity contribution in [3.8, 4) is 0 Å². The molecule has 0 aromatic carbocycles. The fraction of sp³-hybridized carbons (Fsp3) is 0.231. The van der Waals surface area contributed by atoms with Crippen LogP contribution in [0.25, 0.3) is 11.2 Å². The largest absolute Gasteiger partial charge is 0.307 e. The number of alkyl halides is 1. The van der Waals surface area contributed by atoms with E-state index in [0.29, 0.717) is 5.02 Å². The normalized spacial score (nSPS) is 13.0. The van der Waals surface area contributed by atoms with Gasteiger partial charge in [-0.1, -0.05) is 11.6 Å². The second kappa shape index (κ2) is 5.12. The van der Waals surface area contributed by atoms with Crippen LogP contribution in [0.5, 0.6) is 0 Å². The zero-order valence-corrected chi connectivity index (χ0v) is 12.5. The van der Waals surface area contributed by atoms with Crippen molar-refractivity contribution in [3.05, 3.63) is 45.5 Å². The summed E-state index contributed by atoms with van der Waals surface area (Å²) >= 11 is 13.9. The number of hydrogen-bond acceptors (Lipinski definition) is 3. The fourth-order valence-electron chi connectivity index (χ4n) is 2.03. The van der Waals surface area contributed by atoms with Gasteiger partial charge in [0.05, 0.1) is 16.9 Å². The molecular formula is C13H11Cl2N3S. The molecule has 98 valence electrons. The smallest absolute Gasteiger partial charge is 0.160 e. The Balaban J connectivity index is 2.16. The molecule has 1 atom stereocenters. The van der Waals surface area contributed by atoms with Gasteiger partial charge in [-0.25, -0.2) is 9.97 Å². The summed E-state index contributed by atoms with van der Waals surface area (Å²) in [4.78, 5) is 8.92. The topological polar surface area (TPSA) is 30.7 Å². The molecule has 0 saturated carbocycles. The van der Waals surface area contributed by atoms with Crippen molar-refractivity contribution in [2.75, 3.05) is 0 Å². The molecule has 0 aliphatic rings. The number of aromatic nitrogens is 3. The zero-order valence-electron chi connectivity index (χ0n) is 10.2. The van der Waals surface area contributed by atoms with Gasteiger partial charge in [-0.2, -0.15) is 11.3 Å². The van der Waals surface area contributed by atoms with Crippen LogP contribution < -0.4 is 0 Å². The molecule has 0 radical (unpaired) electrons. The molecule has 0 saturated heterocycles. The van der Waals surface area contributed by atoms with E-state index < -0.39 is 0 Å². The molecule has 3 heterocycles. The van der Waals surface area contributed by atoms with E-state index in [0.717, 1.165) is 23.5 Å². The van der Waals surface area contributed by atoms with E-state index in [2.05, 4.69) is 26.8 Å². The van der Waals surface area contributed by atoms with Crippen LogP contribution in [-0.4, -0.2) is 14.5 Å². The molecule has 0 amide bonds. The Labute approximate surface area is 124 Å². The Morgan fingerprint density at radius 2 is 2.32 bits per heavy atom. The van der Waals surface area contributed by atoms with Crippen molar-refractivity contribution < 1.29 is 0 Å². The van der Waals surface area contributed by atoms with Crippen molar-refractivity contribution >= 4 is 45.7 Å². The first kappa shape index (κ1) is 12.9. The van der Waals surface area contributed by atoms with Crippen LogP contribution >= 0.6 is 34.5 Å². The highest BCUT2D eigenvalue weighted by Crippen LogP contribution is 2.26. The molecule has 3 rings (SSSR count). The third-order valence-corrected chi connectivity index (χ3v) is 3.99. The average Bonchev–Trinajstić information content (AvgIpc) is 2.97. The summed E-state index contributed by atoms with van der Waals surface area (Å²) in [5.74, 6) is 0.817. The minimum atomic E-state index is -0.174. The van der Waals surface area contributed by atoms with E-state index in [-0.39, 0.29) is 5.38 Å². The first-order chi connectivity index (χ1) is 9.15. The highest BCUT2D eigenvalue weighted by Gasteiger charge is 2.16. The van der Waals surface area contributed by atoms with Gasteiger partial charge in [0, 0.05) is 6.20 Å². The monoisotopic (exact) mass is 311 g/mol. The lowest BCUT2D eigenvalue weighted by Crippen LogP contribution is -2.05. The van der Waals surface area contributed by atoms with Crippen LogP contribution in [0.4, 0.5) is 0 Å². The van der Waals surface area contributed by atoms with E-state index >= 15 is 0 Å². The molecule has 3 aromatic heterocycles. The maximum absolute atomic E-state index is 6.22. The van der Waals surface area contributed by atoms with E-state index in [1.165, 1.54) is 5.56 Å². The standard InChI is InChI=1S/C13H11Cl2N3S/c1-8(14)12-17-11-4-10(15)5-16-13(11)18(12)6-9-2-3-19-7-9/h2-5,7-8H,6H2,1H3. The molecule has 0 N–H and O–H groups in total. The highest BCUT2D eigenvalue weighted by atomic mass is 35.5. The van der Waals surface area contributed by atoms with Crippen molar-refractivity contribution in [3.63, 3.8) is 0 Å². The number of fused-ring (bicyclic) bond motifs is 1. The summed E-state index contributed by atoms with van der Waals surface area (Å²) in [6.45, 7) is 2.63. The highest BCUT2D eigenvalue weighted by molar-refractivity contribution is 7.07. The summed E-state index contributed by atoms with van der Waals surface area (Å²) in [5, 5.41) is 4.58. The van der Waals surface area contributed by atoms with Gasteiger partial charge in [-0.05, 0) is 35.4 Å². The first-order valence-corrected chi connectivity index (χ1v) is 7.57. The quantitative estimate of drug-likeness (QED) is 0.667. The Hall–Kier alpha value is -1.10. The molecule has 3 nitrogen and oxygen atoms in total. The molecule has 6 heteroatoms. The van der Waals surface area contributed by atoms with Crippen LogP contribution in [0.3, 0.4) is 0 Å². The average molecular weight is 312 g/mol. The first-order valence-electron chi connectivity index (χ1n) is 5.82. The molecule has 0 spiro atoms. The van der Waals surface area contributed by atoms with Gasteiger partial charge in [-0.3, -0.25) is 0 Å². The lowest BCUT2D eigenvalue weighted by molar-refractivity contribution is 0.738. The third kappa shape index (κ3) is 2.48. The number of pyridine rings is 1. The lowest BCUT2D eigenvalue weighted by Gasteiger charge is -2.08. The second-order valence-electron chi connectivity index (χ2n) is 4.30. The molecule has 0 aliphatic carbocycles. The Morgan fingerprint density at radius 3 is 3.00 bits per heavy atom. The number of hydrogen-bond donors (Lipinski definition) is 0. The van der Waals surface area contributed by atoms with Gasteiger partial charge < -0.3 is 4.57 Å². The number of imidazole rings is 1. The van der Waals surface area contributed by atoms with Gasteiger partial charge >= 0.3 is 0 Å². The summed E-state index contributed by atoms with van der Waals surface area (Å²) in [5.41, 5.74) is 2.82. The molecule has 1 unspecified atom stereocenters. The van der Waals surface area contributed by atoms with Crippen molar-refractivity contribution in [2.45, 2.75) is 18.8 Å². The lowest BCUT2D eigenvalue weighted by atomic mass is 10.3. The van der Waals surface area contributed by atoms with E-state index in [1.807, 2.05) is 17.6 Å². The number of thiophene rings is 1. The van der Waals surface area contributed by atoms with Crippen LogP contribution in [0, 0.1) is 0 Å². The minimum Gasteiger partial charge on any atom is -0.307 e. The summed E-state index contributed by atoms with van der Waals surface area (Å²) in [6.07, 6.45) is 1.64. The maximum Gasteiger partial charge on any atom is 0.160 e. The molecule has 0 bridgehead atoms. The van der Waals surface area contributed by atoms with E-state index in [4.69, 9.17) is 23.2 Å². The predicted octanol–water partition coefficient (Wildman–Crippen LogP) is 4.49. The van der Waals surface area contributed by atoms with E-state index in [1.54, 1.807) is 17.5 Å². The summed E-state index contributed by atoms with van der Waals surface area (Å²) in [6, 6.07) is 3.91. The molecule has 3 aromatic rings. The number of halogens is 2. The Morgan fingerprint density at radius 1 is 1.47 bits per heavy atom. The molecule has 0 aliphatic heterocycles. The van der Waals surface area contributed by atoms with Crippen LogP contribution in [-0.2, 0) is 6.54 Å². The third-order valence-electron chi connectivity index (χ3n) is 2.86. The SMILES string of the molecule is CC(Cl)c1nc2cc(Cl)cnc2n1Cc1ccsc1. The molecular weight excluding hydrogens is 301 g/mol. The van der Waals surface area contributed by atoms with Gasteiger partial charge in [0.2, 0.25) is 0 Å². The zero-order chi connectivity index (χ0) is 13.4. The predicted molar refractivity (Wildman–Crippen MR) is 80.2 cm³/mol. The van der Waals surface area contributed by atoms with Gasteiger partial charge in [-0.15, -0.1) is 11.6 Å². The Kier molecular flexibility index (Phi) is 3.48. The van der Waals surface area contributed by atoms with Crippen LogP contribution in [0.1, 0.15) is 23.7 Å². The van der Waals surface area contributed by atoms with Crippen molar-refractivity contribution in [1.29, 1.82) is 0 Å². The summed E-state index contributed by atoms with van der Waals surface area (Å²) in [7, 11) is 0.